The molecule has 142 valence electrons. The van der Waals surface area contributed by atoms with Crippen molar-refractivity contribution < 1.29 is 14.6 Å². The van der Waals surface area contributed by atoms with Crippen molar-refractivity contribution in [3.8, 4) is 11.5 Å². The zero-order valence-electron chi connectivity index (χ0n) is 15.7. The van der Waals surface area contributed by atoms with E-state index in [1.165, 1.54) is 5.56 Å². The van der Waals surface area contributed by atoms with Crippen LogP contribution in [0, 0.1) is 6.92 Å². The highest BCUT2D eigenvalue weighted by atomic mass is 79.9. The van der Waals surface area contributed by atoms with Gasteiger partial charge in [-0.15, -0.1) is 0 Å². The first-order valence-corrected chi connectivity index (χ1v) is 9.85. The van der Waals surface area contributed by atoms with E-state index in [-0.39, 0.29) is 12.6 Å². The molecule has 0 spiro atoms. The predicted molar refractivity (Wildman–Crippen MR) is 109 cm³/mol. The molecular formula is C21H28BrNO3. The lowest BCUT2D eigenvalue weighted by atomic mass is 10.1. The Hall–Kier alpha value is -1.56. The fourth-order valence-electron chi connectivity index (χ4n) is 2.65. The van der Waals surface area contributed by atoms with Crippen molar-refractivity contribution in [2.45, 2.75) is 46.4 Å². The Morgan fingerprint density at radius 1 is 1.15 bits per heavy atom. The lowest BCUT2D eigenvalue weighted by Crippen LogP contribution is -2.31. The first-order valence-electron chi connectivity index (χ1n) is 9.05. The second-order valence-electron chi connectivity index (χ2n) is 6.22. The van der Waals surface area contributed by atoms with Gasteiger partial charge in [0, 0.05) is 12.6 Å². The fraction of sp³-hybridized carbons (Fsp3) is 0.429. The zero-order valence-corrected chi connectivity index (χ0v) is 17.3. The lowest BCUT2D eigenvalue weighted by molar-refractivity contribution is 0.238. The molecule has 26 heavy (non-hydrogen) atoms. The van der Waals surface area contributed by atoms with E-state index in [1.807, 2.05) is 31.2 Å². The molecule has 0 saturated carbocycles. The van der Waals surface area contributed by atoms with Gasteiger partial charge in [-0.25, -0.2) is 0 Å². The van der Waals surface area contributed by atoms with Gasteiger partial charge in [0.25, 0.3) is 0 Å². The molecule has 2 rings (SSSR count). The van der Waals surface area contributed by atoms with Crippen LogP contribution in [0.3, 0.4) is 0 Å². The molecule has 0 bridgehead atoms. The van der Waals surface area contributed by atoms with Crippen LogP contribution in [0.4, 0.5) is 0 Å². The van der Waals surface area contributed by atoms with Crippen molar-refractivity contribution in [2.24, 2.45) is 0 Å². The number of aliphatic hydroxyl groups excluding tert-OH is 1. The quantitative estimate of drug-likeness (QED) is 0.588. The molecule has 0 aliphatic heterocycles. The molecule has 0 aromatic heterocycles. The number of rotatable bonds is 10. The van der Waals surface area contributed by atoms with Crippen LogP contribution in [0.5, 0.6) is 11.5 Å². The fourth-order valence-corrected chi connectivity index (χ4v) is 3.25. The molecule has 0 saturated heterocycles. The Morgan fingerprint density at radius 2 is 1.92 bits per heavy atom. The maximum Gasteiger partial charge on any atom is 0.175 e. The second kappa shape index (κ2) is 10.6. The predicted octanol–water partition coefficient (Wildman–Crippen LogP) is 4.60. The maximum absolute atomic E-state index is 9.33. The van der Waals surface area contributed by atoms with E-state index >= 15 is 0 Å². The second-order valence-corrected chi connectivity index (χ2v) is 7.08. The summed E-state index contributed by atoms with van der Waals surface area (Å²) in [7, 11) is 0. The third-order valence-electron chi connectivity index (χ3n) is 4.31. The van der Waals surface area contributed by atoms with Gasteiger partial charge < -0.3 is 19.9 Å². The van der Waals surface area contributed by atoms with Crippen LogP contribution < -0.4 is 14.8 Å². The van der Waals surface area contributed by atoms with Gasteiger partial charge in [-0.1, -0.05) is 31.2 Å². The molecule has 1 atom stereocenters. The van der Waals surface area contributed by atoms with Gasteiger partial charge in [0.05, 0.1) is 17.7 Å². The van der Waals surface area contributed by atoms with Crippen molar-refractivity contribution in [1.29, 1.82) is 0 Å². The summed E-state index contributed by atoms with van der Waals surface area (Å²) in [5.41, 5.74) is 3.44. The van der Waals surface area contributed by atoms with E-state index in [4.69, 9.17) is 9.47 Å². The van der Waals surface area contributed by atoms with E-state index < -0.39 is 0 Å². The minimum atomic E-state index is 0.0984. The Labute approximate surface area is 164 Å². The number of nitrogens with one attached hydrogen (secondary N) is 1. The number of halogens is 1. The molecule has 0 aliphatic carbocycles. The highest BCUT2D eigenvalue weighted by Gasteiger charge is 2.14. The van der Waals surface area contributed by atoms with Gasteiger partial charge in [-0.2, -0.15) is 0 Å². The average molecular weight is 422 g/mol. The summed E-state index contributed by atoms with van der Waals surface area (Å²) in [4.78, 5) is 0. The van der Waals surface area contributed by atoms with E-state index in [0.29, 0.717) is 25.5 Å². The highest BCUT2D eigenvalue weighted by Crippen LogP contribution is 2.37. The highest BCUT2D eigenvalue weighted by molar-refractivity contribution is 9.10. The van der Waals surface area contributed by atoms with E-state index in [2.05, 4.69) is 47.2 Å². The van der Waals surface area contributed by atoms with Gasteiger partial charge in [0.1, 0.15) is 6.61 Å². The smallest absolute Gasteiger partial charge is 0.175 e. The number of aliphatic hydroxyl groups is 1. The van der Waals surface area contributed by atoms with Gasteiger partial charge in [0.2, 0.25) is 0 Å². The molecule has 2 aromatic carbocycles. The number of aryl methyl sites for hydroxylation is 1. The van der Waals surface area contributed by atoms with Crippen molar-refractivity contribution in [3.63, 3.8) is 0 Å². The van der Waals surface area contributed by atoms with Crippen LogP contribution in [0.2, 0.25) is 0 Å². The monoisotopic (exact) mass is 421 g/mol. The molecule has 0 amide bonds. The largest absolute Gasteiger partial charge is 0.490 e. The normalized spacial score (nSPS) is 12.0. The first-order chi connectivity index (χ1) is 12.6. The van der Waals surface area contributed by atoms with Gasteiger partial charge in [-0.05, 0) is 65.0 Å². The van der Waals surface area contributed by atoms with Gasteiger partial charge in [0.15, 0.2) is 11.5 Å². The Balaban J connectivity index is 2.16. The topological polar surface area (TPSA) is 50.7 Å². The molecular weight excluding hydrogens is 394 g/mol. The number of hydrogen-bond donors (Lipinski definition) is 2. The summed E-state index contributed by atoms with van der Waals surface area (Å²) < 4.78 is 12.7. The van der Waals surface area contributed by atoms with Crippen LogP contribution in [-0.2, 0) is 13.2 Å². The van der Waals surface area contributed by atoms with Crippen LogP contribution in [0.15, 0.2) is 40.9 Å². The molecule has 0 unspecified atom stereocenters. The Kier molecular flexibility index (Phi) is 8.42. The van der Waals surface area contributed by atoms with E-state index in [1.54, 1.807) is 0 Å². The SMILES string of the molecule is CCOc1cc(CN[C@@H](CC)CO)cc(Br)c1OCc1ccccc1C. The first kappa shape index (κ1) is 20.7. The number of ether oxygens (including phenoxy) is 2. The van der Waals surface area contributed by atoms with E-state index in [9.17, 15) is 5.11 Å². The zero-order chi connectivity index (χ0) is 18.9. The molecule has 0 radical (unpaired) electrons. The number of hydrogen-bond acceptors (Lipinski definition) is 4. The van der Waals surface area contributed by atoms with Crippen molar-refractivity contribution >= 4 is 15.9 Å². The van der Waals surface area contributed by atoms with Crippen LogP contribution in [-0.4, -0.2) is 24.4 Å². The molecule has 0 aliphatic rings. The Bertz CT molecular complexity index is 702. The molecule has 2 N–H and O–H groups in total. The van der Waals surface area contributed by atoms with Gasteiger partial charge in [-0.3, -0.25) is 0 Å². The average Bonchev–Trinajstić information content (AvgIpc) is 2.63. The minimum absolute atomic E-state index is 0.0984. The third kappa shape index (κ3) is 5.73. The maximum atomic E-state index is 9.33. The molecule has 5 heteroatoms. The van der Waals surface area contributed by atoms with Crippen LogP contribution in [0.25, 0.3) is 0 Å². The lowest BCUT2D eigenvalue weighted by Gasteiger charge is -2.18. The Morgan fingerprint density at radius 3 is 2.58 bits per heavy atom. The van der Waals surface area contributed by atoms with Crippen molar-refractivity contribution in [3.05, 3.63) is 57.6 Å². The third-order valence-corrected chi connectivity index (χ3v) is 4.90. The van der Waals surface area contributed by atoms with E-state index in [0.717, 1.165) is 27.8 Å². The summed E-state index contributed by atoms with van der Waals surface area (Å²) in [6.45, 7) is 7.95. The molecule has 0 heterocycles. The minimum Gasteiger partial charge on any atom is -0.490 e. The van der Waals surface area contributed by atoms with Gasteiger partial charge >= 0.3 is 0 Å². The summed E-state index contributed by atoms with van der Waals surface area (Å²) in [6.07, 6.45) is 0.883. The summed E-state index contributed by atoms with van der Waals surface area (Å²) >= 11 is 3.62. The standard InChI is InChI=1S/C21H28BrNO3/c1-4-18(13-24)23-12-16-10-19(22)21(20(11-16)25-5-2)26-14-17-9-7-6-8-15(17)3/h6-11,18,23-24H,4-5,12-14H2,1-3H3/t18-/m0/s1. The number of benzene rings is 2. The van der Waals surface area contributed by atoms with Crippen LogP contribution in [0.1, 0.15) is 37.0 Å². The summed E-state index contributed by atoms with van der Waals surface area (Å²) in [5, 5.41) is 12.7. The van der Waals surface area contributed by atoms with Crippen molar-refractivity contribution in [1.82, 2.24) is 5.32 Å². The molecule has 4 nitrogen and oxygen atoms in total. The van der Waals surface area contributed by atoms with Crippen molar-refractivity contribution in [2.75, 3.05) is 13.2 Å². The van der Waals surface area contributed by atoms with Crippen LogP contribution >= 0.6 is 15.9 Å². The molecule has 2 aromatic rings. The molecule has 0 fully saturated rings. The summed E-state index contributed by atoms with van der Waals surface area (Å²) in [5.74, 6) is 1.44. The summed E-state index contributed by atoms with van der Waals surface area (Å²) in [6, 6.07) is 12.3.